The summed E-state index contributed by atoms with van der Waals surface area (Å²) in [7, 11) is 1.46. The van der Waals surface area contributed by atoms with Crippen molar-refractivity contribution in [3.8, 4) is 11.5 Å². The normalized spacial score (nSPS) is 10.8. The molecule has 0 aromatic heterocycles. The highest BCUT2D eigenvalue weighted by Crippen LogP contribution is 2.39. The lowest BCUT2D eigenvalue weighted by Gasteiger charge is -2.22. The molecule has 0 bridgehead atoms. The number of carbonyl (C=O) groups excluding carboxylic acids is 2. The fourth-order valence-corrected chi connectivity index (χ4v) is 4.97. The highest BCUT2D eigenvalue weighted by molar-refractivity contribution is 9.10. The second-order valence-electron chi connectivity index (χ2n) is 9.10. The summed E-state index contributed by atoms with van der Waals surface area (Å²) in [6.45, 7) is 13.3. The van der Waals surface area contributed by atoms with Crippen molar-refractivity contribution in [3.05, 3.63) is 90.4 Å². The van der Waals surface area contributed by atoms with Crippen molar-refractivity contribution in [2.45, 2.75) is 55.1 Å². The maximum atomic E-state index is 13.5. The zero-order valence-electron chi connectivity index (χ0n) is 22.6. The Bertz CT molecular complexity index is 1290. The van der Waals surface area contributed by atoms with Crippen LogP contribution >= 0.6 is 15.9 Å². The van der Waals surface area contributed by atoms with Crippen LogP contribution in [0.2, 0.25) is 0 Å². The number of halogens is 1. The molecular formula is C30H33BrO6. The Hall–Kier alpha value is -3.16. The average molecular weight is 569 g/mol. The molecule has 0 spiro atoms. The highest BCUT2D eigenvalue weighted by Gasteiger charge is 2.27. The maximum absolute atomic E-state index is 13.5. The van der Waals surface area contributed by atoms with E-state index in [9.17, 15) is 9.59 Å². The van der Waals surface area contributed by atoms with E-state index in [1.165, 1.54) is 7.11 Å². The van der Waals surface area contributed by atoms with Gasteiger partial charge in [-0.1, -0.05) is 30.3 Å². The van der Waals surface area contributed by atoms with E-state index < -0.39 is 11.9 Å². The number of esters is 2. The van der Waals surface area contributed by atoms with Crippen molar-refractivity contribution < 1.29 is 28.5 Å². The van der Waals surface area contributed by atoms with Gasteiger partial charge in [-0.15, -0.1) is 0 Å². The Labute approximate surface area is 227 Å². The number of ether oxygens (including phenoxy) is 4. The van der Waals surface area contributed by atoms with Gasteiger partial charge in [0, 0.05) is 7.11 Å². The van der Waals surface area contributed by atoms with Crippen molar-refractivity contribution in [1.82, 2.24) is 0 Å². The fourth-order valence-electron chi connectivity index (χ4n) is 4.36. The Kier molecular flexibility index (Phi) is 9.16. The zero-order valence-corrected chi connectivity index (χ0v) is 24.2. The van der Waals surface area contributed by atoms with Crippen LogP contribution in [0, 0.1) is 48.5 Å². The molecule has 3 aromatic carbocycles. The van der Waals surface area contributed by atoms with Crippen molar-refractivity contribution in [2.75, 3.05) is 13.9 Å². The largest absolute Gasteiger partial charge is 0.487 e. The molecule has 7 heteroatoms. The van der Waals surface area contributed by atoms with E-state index in [-0.39, 0.29) is 6.79 Å². The molecule has 0 heterocycles. The number of hydrogen-bond donors (Lipinski definition) is 0. The monoisotopic (exact) mass is 568 g/mol. The second-order valence-corrected chi connectivity index (χ2v) is 9.89. The molecule has 3 rings (SSSR count). The predicted octanol–water partition coefficient (Wildman–Crippen LogP) is 7.17. The molecule has 196 valence electrons. The molecule has 6 nitrogen and oxygen atoms in total. The molecule has 0 radical (unpaired) electrons. The molecule has 3 aromatic rings. The van der Waals surface area contributed by atoms with Crippen molar-refractivity contribution in [2.24, 2.45) is 0 Å². The third kappa shape index (κ3) is 5.73. The number of methoxy groups -OCH3 is 1. The van der Waals surface area contributed by atoms with E-state index in [4.69, 9.17) is 18.9 Å². The molecule has 0 aliphatic rings. The summed E-state index contributed by atoms with van der Waals surface area (Å²) in [6, 6.07) is 9.92. The molecule has 37 heavy (non-hydrogen) atoms. The van der Waals surface area contributed by atoms with Crippen LogP contribution in [0.4, 0.5) is 0 Å². The Morgan fingerprint density at radius 3 is 1.76 bits per heavy atom. The molecule has 0 aliphatic carbocycles. The van der Waals surface area contributed by atoms with Gasteiger partial charge in [0.2, 0.25) is 0 Å². The Morgan fingerprint density at radius 1 is 0.703 bits per heavy atom. The van der Waals surface area contributed by atoms with E-state index in [0.717, 1.165) is 26.7 Å². The summed E-state index contributed by atoms with van der Waals surface area (Å²) >= 11 is 3.65. The summed E-state index contributed by atoms with van der Waals surface area (Å²) in [5.74, 6) is 0.208. The Morgan fingerprint density at radius 2 is 1.22 bits per heavy atom. The molecule has 0 atom stereocenters. The minimum Gasteiger partial charge on any atom is -0.487 e. The molecule has 0 saturated carbocycles. The standard InChI is InChI=1S/C30H33BrO6/c1-16-19(4)27(20(5)17(2)24(16)29(32)36-15-34-8)37-30(33)25-18(3)21(6)28(26(31)22(25)7)35-14-23-12-10-9-11-13-23/h9-13H,14-15H2,1-8H3. The minimum absolute atomic E-state index is 0.135. The molecule has 0 amide bonds. The van der Waals surface area contributed by atoms with Gasteiger partial charge in [-0.05, 0) is 109 Å². The van der Waals surface area contributed by atoms with E-state index >= 15 is 0 Å². The van der Waals surface area contributed by atoms with Gasteiger partial charge in [0.1, 0.15) is 18.1 Å². The molecule has 0 unspecified atom stereocenters. The first-order chi connectivity index (χ1) is 17.5. The lowest BCUT2D eigenvalue weighted by atomic mass is 9.92. The van der Waals surface area contributed by atoms with E-state index in [1.54, 1.807) is 0 Å². The van der Waals surface area contributed by atoms with Crippen molar-refractivity contribution in [3.63, 3.8) is 0 Å². The molecule has 0 aliphatic heterocycles. The summed E-state index contributed by atoms with van der Waals surface area (Å²) in [5.41, 5.74) is 7.18. The SMILES string of the molecule is COCOC(=O)c1c(C)c(C)c(OC(=O)c2c(C)c(C)c(OCc3ccccc3)c(Br)c2C)c(C)c1C. The molecule has 0 N–H and O–H groups in total. The first kappa shape index (κ1) is 28.4. The van der Waals surface area contributed by atoms with Crippen molar-refractivity contribution in [1.29, 1.82) is 0 Å². The molecular weight excluding hydrogens is 536 g/mol. The number of hydrogen-bond acceptors (Lipinski definition) is 6. The van der Waals surface area contributed by atoms with Crippen molar-refractivity contribution >= 4 is 27.9 Å². The van der Waals surface area contributed by atoms with E-state index in [0.29, 0.717) is 51.5 Å². The first-order valence-corrected chi connectivity index (χ1v) is 12.7. The van der Waals surface area contributed by atoms with E-state index in [2.05, 4.69) is 15.9 Å². The first-order valence-electron chi connectivity index (χ1n) is 12.0. The lowest BCUT2D eigenvalue weighted by molar-refractivity contribution is -0.0126. The van der Waals surface area contributed by atoms with Gasteiger partial charge in [-0.25, -0.2) is 9.59 Å². The third-order valence-corrected chi connectivity index (χ3v) is 7.83. The summed E-state index contributed by atoms with van der Waals surface area (Å²) in [5, 5.41) is 0. The number of rotatable bonds is 8. The second kappa shape index (κ2) is 11.9. The van der Waals surface area contributed by atoms with Gasteiger partial charge < -0.3 is 18.9 Å². The van der Waals surface area contributed by atoms with Gasteiger partial charge in [0.25, 0.3) is 0 Å². The lowest BCUT2D eigenvalue weighted by Crippen LogP contribution is -2.18. The fraction of sp³-hybridized carbons (Fsp3) is 0.333. The van der Waals surface area contributed by atoms with Gasteiger partial charge in [0.15, 0.2) is 6.79 Å². The van der Waals surface area contributed by atoms with E-state index in [1.807, 2.05) is 78.8 Å². The number of carbonyl (C=O) groups is 2. The van der Waals surface area contributed by atoms with Gasteiger partial charge in [0.05, 0.1) is 15.6 Å². The van der Waals surface area contributed by atoms with Gasteiger partial charge in [-0.2, -0.15) is 0 Å². The van der Waals surface area contributed by atoms with Crippen LogP contribution in [-0.4, -0.2) is 25.8 Å². The minimum atomic E-state index is -0.474. The molecule has 0 saturated heterocycles. The number of benzene rings is 3. The highest BCUT2D eigenvalue weighted by atomic mass is 79.9. The zero-order chi connectivity index (χ0) is 27.4. The topological polar surface area (TPSA) is 71.1 Å². The summed E-state index contributed by atoms with van der Waals surface area (Å²) < 4.78 is 22.9. The molecule has 0 fully saturated rings. The summed E-state index contributed by atoms with van der Waals surface area (Å²) in [6.07, 6.45) is 0. The average Bonchev–Trinajstić information content (AvgIpc) is 2.88. The van der Waals surface area contributed by atoms with Crippen LogP contribution < -0.4 is 9.47 Å². The van der Waals surface area contributed by atoms with Crippen LogP contribution in [0.3, 0.4) is 0 Å². The quantitative estimate of drug-likeness (QED) is 0.163. The smallest absolute Gasteiger partial charge is 0.344 e. The summed E-state index contributed by atoms with van der Waals surface area (Å²) in [4.78, 5) is 26.2. The Balaban J connectivity index is 1.96. The predicted molar refractivity (Wildman–Crippen MR) is 147 cm³/mol. The van der Waals surface area contributed by atoms with Gasteiger partial charge in [-0.3, -0.25) is 0 Å². The van der Waals surface area contributed by atoms with Crippen LogP contribution in [0.15, 0.2) is 34.8 Å². The van der Waals surface area contributed by atoms with Crippen LogP contribution in [-0.2, 0) is 16.1 Å². The maximum Gasteiger partial charge on any atom is 0.344 e. The van der Waals surface area contributed by atoms with Crippen LogP contribution in [0.5, 0.6) is 11.5 Å². The van der Waals surface area contributed by atoms with Crippen LogP contribution in [0.1, 0.15) is 65.2 Å². The van der Waals surface area contributed by atoms with Crippen LogP contribution in [0.25, 0.3) is 0 Å². The third-order valence-electron chi connectivity index (χ3n) is 6.87. The van der Waals surface area contributed by atoms with Gasteiger partial charge >= 0.3 is 11.9 Å².